The number of rotatable bonds is 10. The summed E-state index contributed by atoms with van der Waals surface area (Å²) in [6.45, 7) is 9.78. The molecule has 0 aliphatic rings. The molecule has 31 heavy (non-hydrogen) atoms. The molecular weight excluding hydrogens is 411 g/mol. The van der Waals surface area contributed by atoms with Crippen molar-refractivity contribution in [2.75, 3.05) is 5.75 Å². The molecule has 1 N–H and O–H groups in total. The molecule has 0 radical (unpaired) electrons. The van der Waals surface area contributed by atoms with Crippen molar-refractivity contribution in [3.8, 4) is 0 Å². The second-order valence-electron chi connectivity index (χ2n) is 8.10. The Balaban J connectivity index is 2.11. The van der Waals surface area contributed by atoms with E-state index in [1.807, 2.05) is 13.8 Å². The fourth-order valence-corrected chi connectivity index (χ4v) is 4.19. The van der Waals surface area contributed by atoms with Crippen LogP contribution in [-0.4, -0.2) is 34.6 Å². The number of halogens is 1. The van der Waals surface area contributed by atoms with Crippen LogP contribution in [0.15, 0.2) is 42.5 Å². The highest BCUT2D eigenvalue weighted by Crippen LogP contribution is 2.19. The van der Waals surface area contributed by atoms with Crippen LogP contribution in [0.25, 0.3) is 0 Å². The van der Waals surface area contributed by atoms with Crippen LogP contribution >= 0.6 is 11.8 Å². The Morgan fingerprint density at radius 2 is 1.74 bits per heavy atom. The predicted octanol–water partition coefficient (Wildman–Crippen LogP) is 5.01. The van der Waals surface area contributed by atoms with Gasteiger partial charge in [0.05, 0.1) is 5.75 Å². The molecule has 0 bridgehead atoms. The van der Waals surface area contributed by atoms with E-state index in [2.05, 4.69) is 37.4 Å². The smallest absolute Gasteiger partial charge is 0.242 e. The lowest BCUT2D eigenvalue weighted by molar-refractivity contribution is -0.139. The van der Waals surface area contributed by atoms with E-state index in [0.717, 1.165) is 6.42 Å². The summed E-state index contributed by atoms with van der Waals surface area (Å²) in [6, 6.07) is 12.0. The first-order valence-corrected chi connectivity index (χ1v) is 11.8. The third-order valence-corrected chi connectivity index (χ3v) is 6.23. The quantitative estimate of drug-likeness (QED) is 0.561. The van der Waals surface area contributed by atoms with Gasteiger partial charge in [-0.05, 0) is 45.7 Å². The summed E-state index contributed by atoms with van der Waals surface area (Å²) in [6.07, 6.45) is 0.797. The summed E-state index contributed by atoms with van der Waals surface area (Å²) >= 11 is 1.51. The zero-order valence-electron chi connectivity index (χ0n) is 19.1. The maximum absolute atomic E-state index is 14.2. The molecular formula is C25H33FN2O2S. The van der Waals surface area contributed by atoms with Crippen LogP contribution in [0.5, 0.6) is 0 Å². The first kappa shape index (κ1) is 24.9. The molecule has 0 spiro atoms. The Hall–Kier alpha value is -2.34. The lowest BCUT2D eigenvalue weighted by atomic mass is 10.1. The van der Waals surface area contributed by atoms with E-state index in [4.69, 9.17) is 0 Å². The highest BCUT2D eigenvalue weighted by molar-refractivity contribution is 7.99. The number of hydrogen-bond donors (Lipinski definition) is 1. The van der Waals surface area contributed by atoms with Crippen LogP contribution < -0.4 is 5.32 Å². The van der Waals surface area contributed by atoms with E-state index in [0.29, 0.717) is 11.3 Å². The van der Waals surface area contributed by atoms with Gasteiger partial charge in [-0.2, -0.15) is 0 Å². The molecule has 2 atom stereocenters. The van der Waals surface area contributed by atoms with Gasteiger partial charge in [0, 0.05) is 23.9 Å². The molecule has 2 rings (SSSR count). The van der Waals surface area contributed by atoms with Gasteiger partial charge in [-0.15, -0.1) is 11.8 Å². The summed E-state index contributed by atoms with van der Waals surface area (Å²) in [5.74, 6) is 0.151. The molecule has 2 aromatic rings. The monoisotopic (exact) mass is 444 g/mol. The van der Waals surface area contributed by atoms with E-state index in [1.54, 1.807) is 25.1 Å². The number of nitrogens with zero attached hydrogens (tertiary/aromatic N) is 1. The molecule has 0 saturated carbocycles. The van der Waals surface area contributed by atoms with Crippen molar-refractivity contribution < 1.29 is 14.0 Å². The summed E-state index contributed by atoms with van der Waals surface area (Å²) in [7, 11) is 0. The van der Waals surface area contributed by atoms with Crippen molar-refractivity contribution in [1.82, 2.24) is 10.2 Å². The fourth-order valence-electron chi connectivity index (χ4n) is 3.35. The molecule has 0 aliphatic carbocycles. The number of amides is 2. The van der Waals surface area contributed by atoms with Gasteiger partial charge < -0.3 is 10.2 Å². The molecule has 6 heteroatoms. The number of carbonyl (C=O) groups is 2. The van der Waals surface area contributed by atoms with Gasteiger partial charge in [-0.3, -0.25) is 9.59 Å². The number of benzene rings is 2. The van der Waals surface area contributed by atoms with Crippen molar-refractivity contribution in [2.45, 2.75) is 65.4 Å². The molecule has 2 aromatic carbocycles. The average molecular weight is 445 g/mol. The number of hydrogen-bond acceptors (Lipinski definition) is 3. The van der Waals surface area contributed by atoms with Crippen LogP contribution in [0.4, 0.5) is 4.39 Å². The van der Waals surface area contributed by atoms with Gasteiger partial charge in [0.1, 0.15) is 11.9 Å². The second kappa shape index (κ2) is 11.9. The zero-order valence-corrected chi connectivity index (χ0v) is 19.9. The number of aryl methyl sites for hydroxylation is 2. The standard InChI is InChI=1S/C25H33FN2O2S/c1-6-19(4)27-25(30)20(5)28(14-22-9-7-8-10-23(22)26)24(29)16-31-15-21-12-17(2)11-18(3)13-21/h7-13,19-20H,6,14-16H2,1-5H3,(H,27,30). The lowest BCUT2D eigenvalue weighted by Crippen LogP contribution is -2.50. The highest BCUT2D eigenvalue weighted by Gasteiger charge is 2.27. The predicted molar refractivity (Wildman–Crippen MR) is 126 cm³/mol. The van der Waals surface area contributed by atoms with Crippen molar-refractivity contribution in [3.63, 3.8) is 0 Å². The SMILES string of the molecule is CCC(C)NC(=O)C(C)N(Cc1ccccc1F)C(=O)CSCc1cc(C)cc(C)c1. The number of thioether (sulfide) groups is 1. The van der Waals surface area contributed by atoms with Crippen LogP contribution in [0.3, 0.4) is 0 Å². The van der Waals surface area contributed by atoms with E-state index < -0.39 is 6.04 Å². The molecule has 168 valence electrons. The van der Waals surface area contributed by atoms with Crippen molar-refractivity contribution in [2.24, 2.45) is 0 Å². The van der Waals surface area contributed by atoms with Gasteiger partial charge in [0.25, 0.3) is 0 Å². The number of carbonyl (C=O) groups excluding carboxylic acids is 2. The summed E-state index contributed by atoms with van der Waals surface area (Å²) in [5.41, 5.74) is 3.95. The molecule has 2 amide bonds. The topological polar surface area (TPSA) is 49.4 Å². The molecule has 2 unspecified atom stereocenters. The number of nitrogens with one attached hydrogen (secondary N) is 1. The van der Waals surface area contributed by atoms with Crippen LogP contribution in [0.1, 0.15) is 49.4 Å². The van der Waals surface area contributed by atoms with E-state index >= 15 is 0 Å². The van der Waals surface area contributed by atoms with Crippen molar-refractivity contribution in [3.05, 3.63) is 70.5 Å². The molecule has 0 heterocycles. The lowest BCUT2D eigenvalue weighted by Gasteiger charge is -2.29. The Bertz CT molecular complexity index is 883. The largest absolute Gasteiger partial charge is 0.352 e. The molecule has 4 nitrogen and oxygen atoms in total. The van der Waals surface area contributed by atoms with Crippen LogP contribution in [0.2, 0.25) is 0 Å². The first-order chi connectivity index (χ1) is 14.7. The van der Waals surface area contributed by atoms with Gasteiger partial charge in [0.2, 0.25) is 11.8 Å². The minimum Gasteiger partial charge on any atom is -0.352 e. The average Bonchev–Trinajstić information content (AvgIpc) is 2.71. The van der Waals surface area contributed by atoms with E-state index in [1.165, 1.54) is 39.4 Å². The minimum absolute atomic E-state index is 0.0132. The van der Waals surface area contributed by atoms with Crippen molar-refractivity contribution in [1.29, 1.82) is 0 Å². The van der Waals surface area contributed by atoms with Gasteiger partial charge in [-0.1, -0.05) is 54.4 Å². The summed E-state index contributed by atoms with van der Waals surface area (Å²) in [4.78, 5) is 27.3. The summed E-state index contributed by atoms with van der Waals surface area (Å²) < 4.78 is 14.2. The van der Waals surface area contributed by atoms with Crippen molar-refractivity contribution >= 4 is 23.6 Å². The second-order valence-corrected chi connectivity index (χ2v) is 9.08. The van der Waals surface area contributed by atoms with Gasteiger partial charge >= 0.3 is 0 Å². The minimum atomic E-state index is -0.692. The van der Waals surface area contributed by atoms with E-state index in [9.17, 15) is 14.0 Å². The maximum atomic E-state index is 14.2. The Morgan fingerprint density at radius 3 is 2.35 bits per heavy atom. The highest BCUT2D eigenvalue weighted by atomic mass is 32.2. The van der Waals surface area contributed by atoms with Crippen LogP contribution in [0, 0.1) is 19.7 Å². The van der Waals surface area contributed by atoms with Gasteiger partial charge in [-0.25, -0.2) is 4.39 Å². The Labute approximate surface area is 189 Å². The Morgan fingerprint density at radius 1 is 1.10 bits per heavy atom. The zero-order chi connectivity index (χ0) is 23.0. The molecule has 0 aromatic heterocycles. The maximum Gasteiger partial charge on any atom is 0.242 e. The molecule has 0 fully saturated rings. The van der Waals surface area contributed by atoms with Crippen LogP contribution in [-0.2, 0) is 21.9 Å². The third kappa shape index (κ3) is 7.69. The summed E-state index contributed by atoms with van der Waals surface area (Å²) in [5, 5.41) is 2.93. The fraction of sp³-hybridized carbons (Fsp3) is 0.440. The Kier molecular flexibility index (Phi) is 9.56. The molecule has 0 saturated heterocycles. The van der Waals surface area contributed by atoms with E-state index in [-0.39, 0.29) is 36.0 Å². The molecule has 0 aliphatic heterocycles. The van der Waals surface area contributed by atoms with Gasteiger partial charge in [0.15, 0.2) is 0 Å². The first-order valence-electron chi connectivity index (χ1n) is 10.7. The third-order valence-electron chi connectivity index (χ3n) is 5.24. The normalized spacial score (nSPS) is 12.8.